The van der Waals surface area contributed by atoms with Crippen molar-refractivity contribution in [1.29, 1.82) is 0 Å². The van der Waals surface area contributed by atoms with E-state index in [4.69, 9.17) is 9.47 Å². The monoisotopic (exact) mass is 431 g/mol. The summed E-state index contributed by atoms with van der Waals surface area (Å²) >= 11 is 3.57. The molecule has 2 aromatic rings. The van der Waals surface area contributed by atoms with Crippen molar-refractivity contribution in [1.82, 2.24) is 5.32 Å². The maximum absolute atomic E-state index is 13.0. The van der Waals surface area contributed by atoms with Crippen LogP contribution in [-0.2, 0) is 13.2 Å². The van der Waals surface area contributed by atoms with Crippen molar-refractivity contribution in [2.45, 2.75) is 33.4 Å². The molecule has 0 aromatic heterocycles. The molecule has 0 atom stereocenters. The van der Waals surface area contributed by atoms with E-state index in [-0.39, 0.29) is 18.2 Å². The van der Waals surface area contributed by atoms with Crippen molar-refractivity contribution in [3.05, 3.63) is 57.8 Å². The van der Waals surface area contributed by atoms with Gasteiger partial charge in [-0.05, 0) is 71.2 Å². The Morgan fingerprint density at radius 1 is 1.04 bits per heavy atom. The van der Waals surface area contributed by atoms with Gasteiger partial charge in [0.15, 0.2) is 11.5 Å². The second-order valence-electron chi connectivity index (χ2n) is 5.43. The molecule has 0 fully saturated rings. The Kier molecular flexibility index (Phi) is 9.86. The lowest BCUT2D eigenvalue weighted by atomic mass is 10.2. The number of hydrogen-bond acceptors (Lipinski definition) is 3. The Morgan fingerprint density at radius 2 is 1.76 bits per heavy atom. The molecule has 0 saturated carbocycles. The van der Waals surface area contributed by atoms with Crippen LogP contribution in [0.4, 0.5) is 4.39 Å². The zero-order chi connectivity index (χ0) is 17.4. The maximum Gasteiger partial charge on any atom is 0.175 e. The molecule has 2 rings (SSSR count). The predicted molar refractivity (Wildman–Crippen MR) is 105 cm³/mol. The number of halogens is 3. The third-order valence-corrected chi connectivity index (χ3v) is 4.01. The summed E-state index contributed by atoms with van der Waals surface area (Å²) < 4.78 is 25.5. The van der Waals surface area contributed by atoms with Gasteiger partial charge in [0.2, 0.25) is 0 Å². The van der Waals surface area contributed by atoms with Gasteiger partial charge < -0.3 is 14.8 Å². The number of nitrogens with one attached hydrogen (secondary N) is 1. The van der Waals surface area contributed by atoms with Crippen molar-refractivity contribution in [2.75, 3.05) is 13.2 Å². The lowest BCUT2D eigenvalue weighted by molar-refractivity contribution is 0.267. The van der Waals surface area contributed by atoms with E-state index in [0.29, 0.717) is 24.7 Å². The molecule has 25 heavy (non-hydrogen) atoms. The Labute approximate surface area is 163 Å². The van der Waals surface area contributed by atoms with E-state index in [0.717, 1.165) is 35.1 Å². The molecule has 0 spiro atoms. The van der Waals surface area contributed by atoms with E-state index in [9.17, 15) is 4.39 Å². The molecular weight excluding hydrogens is 409 g/mol. The Morgan fingerprint density at radius 3 is 2.40 bits per heavy atom. The molecule has 138 valence electrons. The van der Waals surface area contributed by atoms with E-state index >= 15 is 0 Å². The van der Waals surface area contributed by atoms with Crippen LogP contribution in [0.15, 0.2) is 40.9 Å². The fourth-order valence-corrected chi connectivity index (χ4v) is 2.88. The highest BCUT2D eigenvalue weighted by Crippen LogP contribution is 2.37. The SMILES string of the molecule is CCCNCc1cc(Br)c(OCc2ccc(F)cc2)c(OCC)c1.Cl. The van der Waals surface area contributed by atoms with Gasteiger partial charge in [-0.25, -0.2) is 4.39 Å². The summed E-state index contributed by atoms with van der Waals surface area (Å²) in [6, 6.07) is 10.3. The summed E-state index contributed by atoms with van der Waals surface area (Å²) in [6.45, 7) is 6.76. The molecule has 0 amide bonds. The van der Waals surface area contributed by atoms with Crippen molar-refractivity contribution >= 4 is 28.3 Å². The van der Waals surface area contributed by atoms with Gasteiger partial charge in [-0.1, -0.05) is 19.1 Å². The van der Waals surface area contributed by atoms with Crippen LogP contribution in [0.25, 0.3) is 0 Å². The first-order valence-electron chi connectivity index (χ1n) is 8.17. The van der Waals surface area contributed by atoms with Crippen LogP contribution in [-0.4, -0.2) is 13.2 Å². The summed E-state index contributed by atoms with van der Waals surface area (Å²) in [7, 11) is 0. The van der Waals surface area contributed by atoms with E-state index in [1.165, 1.54) is 12.1 Å². The second kappa shape index (κ2) is 11.3. The number of hydrogen-bond donors (Lipinski definition) is 1. The Bertz CT molecular complexity index is 653. The molecule has 0 bridgehead atoms. The largest absolute Gasteiger partial charge is 0.490 e. The number of benzene rings is 2. The molecule has 0 heterocycles. The van der Waals surface area contributed by atoms with Crippen molar-refractivity contribution < 1.29 is 13.9 Å². The minimum absolute atomic E-state index is 0. The van der Waals surface area contributed by atoms with Gasteiger partial charge in [0.05, 0.1) is 11.1 Å². The van der Waals surface area contributed by atoms with Gasteiger partial charge in [0.1, 0.15) is 12.4 Å². The highest BCUT2D eigenvalue weighted by molar-refractivity contribution is 9.10. The third-order valence-electron chi connectivity index (χ3n) is 3.42. The van der Waals surface area contributed by atoms with Gasteiger partial charge in [0, 0.05) is 6.54 Å². The van der Waals surface area contributed by atoms with Gasteiger partial charge in [-0.15, -0.1) is 12.4 Å². The minimum atomic E-state index is -0.251. The van der Waals surface area contributed by atoms with Crippen LogP contribution in [0.2, 0.25) is 0 Å². The summed E-state index contributed by atoms with van der Waals surface area (Å²) in [6.07, 6.45) is 1.10. The molecule has 2 aromatic carbocycles. The van der Waals surface area contributed by atoms with Crippen molar-refractivity contribution in [3.63, 3.8) is 0 Å². The molecule has 6 heteroatoms. The molecule has 3 nitrogen and oxygen atoms in total. The van der Waals surface area contributed by atoms with Gasteiger partial charge in [-0.2, -0.15) is 0 Å². The average molecular weight is 433 g/mol. The molecule has 0 aliphatic heterocycles. The number of rotatable bonds is 9. The zero-order valence-electron chi connectivity index (χ0n) is 14.5. The summed E-state index contributed by atoms with van der Waals surface area (Å²) in [5.74, 6) is 1.13. The van der Waals surface area contributed by atoms with Crippen LogP contribution in [0.5, 0.6) is 11.5 Å². The lowest BCUT2D eigenvalue weighted by Crippen LogP contribution is -2.14. The van der Waals surface area contributed by atoms with E-state index < -0.39 is 0 Å². The third kappa shape index (κ3) is 6.84. The van der Waals surface area contributed by atoms with Crippen LogP contribution in [0, 0.1) is 5.82 Å². The fourth-order valence-electron chi connectivity index (χ4n) is 2.27. The second-order valence-corrected chi connectivity index (χ2v) is 6.28. The smallest absolute Gasteiger partial charge is 0.175 e. The van der Waals surface area contributed by atoms with Crippen LogP contribution in [0.3, 0.4) is 0 Å². The molecule has 0 aliphatic rings. The normalized spacial score (nSPS) is 10.2. The standard InChI is InChI=1S/C19H23BrFNO2.ClH/c1-3-9-22-12-15-10-17(20)19(18(11-15)23-4-2)24-13-14-5-7-16(21)8-6-14;/h5-8,10-11,22H,3-4,9,12-13H2,1-2H3;1H. The topological polar surface area (TPSA) is 30.5 Å². The number of ether oxygens (including phenoxy) is 2. The molecule has 0 unspecified atom stereocenters. The van der Waals surface area contributed by atoms with E-state index in [1.54, 1.807) is 12.1 Å². The molecule has 0 radical (unpaired) electrons. The quantitative estimate of drug-likeness (QED) is 0.532. The highest BCUT2D eigenvalue weighted by atomic mass is 79.9. The summed E-state index contributed by atoms with van der Waals surface area (Å²) in [4.78, 5) is 0. The van der Waals surface area contributed by atoms with Gasteiger partial charge in [-0.3, -0.25) is 0 Å². The molecule has 1 N–H and O–H groups in total. The maximum atomic E-state index is 13.0. The van der Waals surface area contributed by atoms with Crippen LogP contribution >= 0.6 is 28.3 Å². The summed E-state index contributed by atoms with van der Waals surface area (Å²) in [5.41, 5.74) is 2.03. The average Bonchev–Trinajstić information content (AvgIpc) is 2.56. The Hall–Kier alpha value is -1.30. The van der Waals surface area contributed by atoms with Crippen molar-refractivity contribution in [3.8, 4) is 11.5 Å². The first-order valence-corrected chi connectivity index (χ1v) is 8.96. The van der Waals surface area contributed by atoms with Gasteiger partial charge >= 0.3 is 0 Å². The van der Waals surface area contributed by atoms with Crippen molar-refractivity contribution in [2.24, 2.45) is 0 Å². The molecule has 0 saturated heterocycles. The zero-order valence-corrected chi connectivity index (χ0v) is 16.9. The molecular formula is C19H24BrClFNO2. The molecule has 0 aliphatic carbocycles. The van der Waals surface area contributed by atoms with Crippen LogP contribution < -0.4 is 14.8 Å². The van der Waals surface area contributed by atoms with E-state index in [2.05, 4.69) is 28.2 Å². The summed E-state index contributed by atoms with van der Waals surface area (Å²) in [5, 5.41) is 3.38. The minimum Gasteiger partial charge on any atom is -0.490 e. The lowest BCUT2D eigenvalue weighted by Gasteiger charge is -2.16. The van der Waals surface area contributed by atoms with Gasteiger partial charge in [0.25, 0.3) is 0 Å². The Balaban J connectivity index is 0.00000312. The first-order chi connectivity index (χ1) is 11.6. The van der Waals surface area contributed by atoms with E-state index in [1.807, 2.05) is 19.1 Å². The fraction of sp³-hybridized carbons (Fsp3) is 0.368. The predicted octanol–water partition coefficient (Wildman–Crippen LogP) is 5.49. The highest BCUT2D eigenvalue weighted by Gasteiger charge is 2.12. The first kappa shape index (κ1) is 21.7. The van der Waals surface area contributed by atoms with Crippen LogP contribution in [0.1, 0.15) is 31.4 Å².